The van der Waals surface area contributed by atoms with Crippen LogP contribution < -0.4 is 5.32 Å². The van der Waals surface area contributed by atoms with E-state index in [0.717, 1.165) is 23.2 Å². The maximum absolute atomic E-state index is 10.7. The highest BCUT2D eigenvalue weighted by molar-refractivity contribution is 7.99. The molecule has 112 valence electrons. The highest BCUT2D eigenvalue weighted by atomic mass is 32.2. The monoisotopic (exact) mass is 303 g/mol. The fraction of sp³-hybridized carbons (Fsp3) is 0.375. The number of carbonyl (C=O) groups is 1. The number of hydrogen-bond donors (Lipinski definition) is 1. The smallest absolute Gasteiger partial charge is 0.141 e. The Bertz CT molecular complexity index is 634. The summed E-state index contributed by atoms with van der Waals surface area (Å²) >= 11 is 1.84. The lowest BCUT2D eigenvalue weighted by molar-refractivity contribution is -0.108. The molecule has 0 atom stereocenters. The number of benzene rings is 1. The zero-order valence-electron chi connectivity index (χ0n) is 12.9. The summed E-state index contributed by atoms with van der Waals surface area (Å²) in [6.45, 7) is 6.72. The van der Waals surface area contributed by atoms with Crippen molar-refractivity contribution < 1.29 is 4.79 Å². The molecule has 0 saturated carbocycles. The third-order valence-electron chi connectivity index (χ3n) is 3.13. The zero-order valence-corrected chi connectivity index (χ0v) is 13.7. The zero-order chi connectivity index (χ0) is 15.4. The predicted molar refractivity (Wildman–Crippen MR) is 89.0 cm³/mol. The van der Waals surface area contributed by atoms with E-state index in [4.69, 9.17) is 0 Å². The minimum absolute atomic E-state index is 0.272. The summed E-state index contributed by atoms with van der Waals surface area (Å²) in [4.78, 5) is 11.9. The van der Waals surface area contributed by atoms with E-state index in [1.165, 1.54) is 10.5 Å². The second kappa shape index (κ2) is 6.80. The quantitative estimate of drug-likeness (QED) is 0.654. The van der Waals surface area contributed by atoms with E-state index in [2.05, 4.69) is 49.4 Å². The average Bonchev–Trinajstić information content (AvgIpc) is 2.84. The first-order valence-electron chi connectivity index (χ1n) is 7.01. The van der Waals surface area contributed by atoms with Gasteiger partial charge >= 0.3 is 0 Å². The maximum atomic E-state index is 10.7. The van der Waals surface area contributed by atoms with E-state index in [1.54, 1.807) is 4.68 Å². The van der Waals surface area contributed by atoms with Crippen molar-refractivity contribution in [3.05, 3.63) is 30.0 Å². The summed E-state index contributed by atoms with van der Waals surface area (Å²) in [7, 11) is 1.87. The topological polar surface area (TPSA) is 46.9 Å². The Morgan fingerprint density at radius 3 is 2.81 bits per heavy atom. The van der Waals surface area contributed by atoms with Gasteiger partial charge in [0.1, 0.15) is 12.0 Å². The summed E-state index contributed by atoms with van der Waals surface area (Å²) in [5.74, 6) is 0. The largest absolute Gasteiger partial charge is 0.385 e. The number of thioether (sulfide) groups is 1. The molecule has 1 aromatic heterocycles. The summed E-state index contributed by atoms with van der Waals surface area (Å²) in [6.07, 6.45) is 2.72. The number of aldehydes is 1. The van der Waals surface area contributed by atoms with Gasteiger partial charge in [-0.25, -0.2) is 0 Å². The lowest BCUT2D eigenvalue weighted by atomic mass is 10.1. The minimum Gasteiger partial charge on any atom is -0.385 e. The molecule has 21 heavy (non-hydrogen) atoms. The standard InChI is InChI=1S/C16H21N3OS/c1-11(2)21-13-6-5-12(3)14(9-13)16-15(17-4)10-19(18-16)7-8-20/h5-6,8-11,17H,7H2,1-4H3. The van der Waals surface area contributed by atoms with Gasteiger partial charge < -0.3 is 10.1 Å². The van der Waals surface area contributed by atoms with Crippen LogP contribution in [-0.4, -0.2) is 28.4 Å². The Kier molecular flexibility index (Phi) is 5.07. The van der Waals surface area contributed by atoms with Crippen molar-refractivity contribution in [2.75, 3.05) is 12.4 Å². The van der Waals surface area contributed by atoms with E-state index in [0.29, 0.717) is 5.25 Å². The fourth-order valence-electron chi connectivity index (χ4n) is 2.17. The average molecular weight is 303 g/mol. The van der Waals surface area contributed by atoms with Crippen LogP contribution in [0, 0.1) is 6.92 Å². The maximum Gasteiger partial charge on any atom is 0.141 e. The Hall–Kier alpha value is -1.75. The molecule has 1 N–H and O–H groups in total. The van der Waals surface area contributed by atoms with Crippen molar-refractivity contribution in [3.63, 3.8) is 0 Å². The van der Waals surface area contributed by atoms with Crippen LogP contribution in [0.1, 0.15) is 19.4 Å². The number of nitrogens with zero attached hydrogens (tertiary/aromatic N) is 2. The molecule has 0 amide bonds. The normalized spacial score (nSPS) is 10.9. The van der Waals surface area contributed by atoms with Gasteiger partial charge in [0.05, 0.1) is 12.2 Å². The molecule has 0 bridgehead atoms. The number of hydrogen-bond acceptors (Lipinski definition) is 4. The van der Waals surface area contributed by atoms with Crippen LogP contribution in [0.2, 0.25) is 0 Å². The first-order valence-corrected chi connectivity index (χ1v) is 7.89. The molecular weight excluding hydrogens is 282 g/mol. The van der Waals surface area contributed by atoms with Crippen molar-refractivity contribution in [2.45, 2.75) is 37.5 Å². The fourth-order valence-corrected chi connectivity index (χ4v) is 3.05. The summed E-state index contributed by atoms with van der Waals surface area (Å²) in [5.41, 5.74) is 4.11. The molecule has 0 aliphatic rings. The highest BCUT2D eigenvalue weighted by Gasteiger charge is 2.13. The molecular formula is C16H21N3OS. The molecule has 0 saturated heterocycles. The van der Waals surface area contributed by atoms with E-state index in [-0.39, 0.29) is 6.54 Å². The summed E-state index contributed by atoms with van der Waals surface area (Å²) in [5, 5.41) is 8.23. The lowest BCUT2D eigenvalue weighted by Crippen LogP contribution is -1.99. The second-order valence-electron chi connectivity index (χ2n) is 5.17. The van der Waals surface area contributed by atoms with Gasteiger partial charge in [0.15, 0.2) is 0 Å². The van der Waals surface area contributed by atoms with Crippen LogP contribution >= 0.6 is 11.8 Å². The van der Waals surface area contributed by atoms with Gasteiger partial charge in [-0.05, 0) is 24.6 Å². The van der Waals surface area contributed by atoms with Crippen LogP contribution in [-0.2, 0) is 11.3 Å². The number of carbonyl (C=O) groups excluding carboxylic acids is 1. The van der Waals surface area contributed by atoms with Crippen LogP contribution in [0.25, 0.3) is 11.3 Å². The van der Waals surface area contributed by atoms with Gasteiger partial charge in [-0.3, -0.25) is 4.68 Å². The Morgan fingerprint density at radius 1 is 1.43 bits per heavy atom. The first kappa shape index (κ1) is 15.6. The molecule has 0 radical (unpaired) electrons. The van der Waals surface area contributed by atoms with E-state index in [1.807, 2.05) is 25.0 Å². The molecule has 0 aliphatic heterocycles. The molecule has 4 nitrogen and oxygen atoms in total. The number of rotatable bonds is 6. The van der Waals surface area contributed by atoms with Crippen LogP contribution in [0.5, 0.6) is 0 Å². The number of aromatic nitrogens is 2. The number of anilines is 1. The molecule has 0 fully saturated rings. The summed E-state index contributed by atoms with van der Waals surface area (Å²) < 4.78 is 1.66. The van der Waals surface area contributed by atoms with Crippen LogP contribution in [0.4, 0.5) is 5.69 Å². The molecule has 2 aromatic rings. The highest BCUT2D eigenvalue weighted by Crippen LogP contribution is 2.33. The van der Waals surface area contributed by atoms with Crippen LogP contribution in [0.3, 0.4) is 0 Å². The molecule has 1 aromatic carbocycles. The van der Waals surface area contributed by atoms with E-state index >= 15 is 0 Å². The number of aryl methyl sites for hydroxylation is 1. The van der Waals surface area contributed by atoms with Gasteiger partial charge in [0.25, 0.3) is 0 Å². The lowest BCUT2D eigenvalue weighted by Gasteiger charge is -2.10. The molecule has 0 aliphatic carbocycles. The van der Waals surface area contributed by atoms with E-state index in [9.17, 15) is 4.79 Å². The van der Waals surface area contributed by atoms with Crippen molar-refractivity contribution in [2.24, 2.45) is 0 Å². The SMILES string of the molecule is CNc1cn(CC=O)nc1-c1cc(SC(C)C)ccc1C. The van der Waals surface area contributed by atoms with Gasteiger partial charge in [-0.1, -0.05) is 19.9 Å². The molecule has 1 heterocycles. The second-order valence-corrected chi connectivity index (χ2v) is 6.82. The van der Waals surface area contributed by atoms with Crippen LogP contribution in [0.15, 0.2) is 29.3 Å². The van der Waals surface area contributed by atoms with Crippen molar-refractivity contribution in [1.29, 1.82) is 0 Å². The molecule has 0 unspecified atom stereocenters. The molecule has 0 spiro atoms. The minimum atomic E-state index is 0.272. The number of nitrogens with one attached hydrogen (secondary N) is 1. The summed E-state index contributed by atoms with van der Waals surface area (Å²) in [6, 6.07) is 6.44. The van der Waals surface area contributed by atoms with Crippen molar-refractivity contribution in [1.82, 2.24) is 9.78 Å². The Balaban J connectivity index is 2.46. The van der Waals surface area contributed by atoms with Crippen molar-refractivity contribution >= 4 is 23.7 Å². The third kappa shape index (κ3) is 3.67. The molecule has 5 heteroatoms. The third-order valence-corrected chi connectivity index (χ3v) is 4.13. The van der Waals surface area contributed by atoms with Gasteiger partial charge in [-0.2, -0.15) is 5.10 Å². The molecule has 2 rings (SSSR count). The Labute approximate surface area is 129 Å². The van der Waals surface area contributed by atoms with E-state index < -0.39 is 0 Å². The predicted octanol–water partition coefficient (Wildman–Crippen LogP) is 3.60. The van der Waals surface area contributed by atoms with Gasteiger partial charge in [0.2, 0.25) is 0 Å². The van der Waals surface area contributed by atoms with Gasteiger partial charge in [-0.15, -0.1) is 11.8 Å². The van der Waals surface area contributed by atoms with Crippen molar-refractivity contribution in [3.8, 4) is 11.3 Å². The first-order chi connectivity index (χ1) is 10.0. The Morgan fingerprint density at radius 2 is 2.19 bits per heavy atom. The van der Waals surface area contributed by atoms with Gasteiger partial charge in [0, 0.05) is 29.0 Å².